The Hall–Kier alpha value is -6.74. The van der Waals surface area contributed by atoms with E-state index in [4.69, 9.17) is 14.2 Å². The molecular weight excluding hydrogens is 779 g/mol. The highest BCUT2D eigenvalue weighted by Gasteiger charge is 2.28. The van der Waals surface area contributed by atoms with Crippen LogP contribution in [0.5, 0.6) is 17.2 Å². The molecule has 6 aromatic rings. The highest BCUT2D eigenvalue weighted by Crippen LogP contribution is 2.44. The number of benzene rings is 6. The van der Waals surface area contributed by atoms with Crippen LogP contribution in [0.25, 0.3) is 33.4 Å². The summed E-state index contributed by atoms with van der Waals surface area (Å²) in [6, 6.07) is 35.8. The van der Waals surface area contributed by atoms with Gasteiger partial charge in [-0.05, 0) is 148 Å². The zero-order chi connectivity index (χ0) is 44.2. The molecule has 0 aromatic heterocycles. The van der Waals surface area contributed by atoms with Gasteiger partial charge in [-0.25, -0.2) is 8.78 Å². The van der Waals surface area contributed by atoms with Crippen LogP contribution >= 0.6 is 0 Å². The number of nitrogens with one attached hydrogen (secondary N) is 4. The van der Waals surface area contributed by atoms with Crippen LogP contribution in [0.4, 0.5) is 31.5 Å². The number of allylic oxidation sites excluding steroid dienone is 2. The molecule has 7 nitrogen and oxygen atoms in total. The standard InChI is InChI=1S/C27H29FN2O2.C26H27FN2O/c1-17-15-27(2,3)30-24-13-12-21(22-11-6-18(28)14-25(22)32-5)23(26(17)24)16-29-19-7-9-20(31-4)10-8-19;1-17-15-26(2,3)29-23-13-12-20(21-11-10-18(27)14-24(21)30-4)22(25(17)23)16-28-19-8-6-5-7-9-19/h6-15,29-30H,16H2,1-5H3;5-15,28-29H,16H2,1-4H3. The van der Waals surface area contributed by atoms with Crippen molar-refractivity contribution in [3.8, 4) is 39.5 Å². The molecule has 0 amide bonds. The normalized spacial score (nSPS) is 14.2. The fourth-order valence-electron chi connectivity index (χ4n) is 8.69. The van der Waals surface area contributed by atoms with E-state index >= 15 is 0 Å². The van der Waals surface area contributed by atoms with E-state index in [1.807, 2.05) is 42.5 Å². The van der Waals surface area contributed by atoms with Gasteiger partial charge in [-0.15, -0.1) is 0 Å². The zero-order valence-electron chi connectivity index (χ0n) is 37.0. The summed E-state index contributed by atoms with van der Waals surface area (Å²) in [6.07, 6.45) is 4.50. The zero-order valence-corrected chi connectivity index (χ0v) is 37.0. The van der Waals surface area contributed by atoms with Gasteiger partial charge in [0.2, 0.25) is 0 Å². The third-order valence-corrected chi connectivity index (χ3v) is 11.2. The average Bonchev–Trinajstić information content (AvgIpc) is 3.24. The maximum absolute atomic E-state index is 13.9. The Bertz CT molecular complexity index is 2640. The predicted molar refractivity (Wildman–Crippen MR) is 254 cm³/mol. The molecule has 0 atom stereocenters. The number of fused-ring (bicyclic) bond motifs is 2. The molecule has 62 heavy (non-hydrogen) atoms. The van der Waals surface area contributed by atoms with Gasteiger partial charge >= 0.3 is 0 Å². The number of hydrogen-bond donors (Lipinski definition) is 4. The van der Waals surface area contributed by atoms with Crippen molar-refractivity contribution >= 4 is 33.9 Å². The summed E-state index contributed by atoms with van der Waals surface area (Å²) in [5.41, 5.74) is 14.8. The number of hydrogen-bond acceptors (Lipinski definition) is 7. The van der Waals surface area contributed by atoms with Crippen molar-refractivity contribution in [2.24, 2.45) is 0 Å². The van der Waals surface area contributed by atoms with Crippen LogP contribution in [0.15, 0.2) is 127 Å². The molecule has 2 heterocycles. The lowest BCUT2D eigenvalue weighted by molar-refractivity contribution is 0.413. The van der Waals surface area contributed by atoms with Crippen molar-refractivity contribution < 1.29 is 23.0 Å². The third kappa shape index (κ3) is 9.57. The minimum Gasteiger partial charge on any atom is -0.497 e. The molecule has 0 aliphatic carbocycles. The SMILES string of the molecule is COc1cc(F)ccc1-c1ccc2c(c1CNc1ccccc1)C(C)=CC(C)(C)N2.COc1ccc(NCc2c(-c3ccc(F)cc3OC)ccc3c2C(C)=CC(C)(C)N3)cc1. The minimum atomic E-state index is -0.319. The van der Waals surface area contributed by atoms with Crippen LogP contribution in [-0.4, -0.2) is 32.4 Å². The lowest BCUT2D eigenvalue weighted by Gasteiger charge is -2.33. The van der Waals surface area contributed by atoms with E-state index in [1.165, 1.54) is 41.0 Å². The molecular formula is C53H56F2N4O3. The first kappa shape index (κ1) is 43.4. The number of methoxy groups -OCH3 is 3. The molecule has 4 N–H and O–H groups in total. The molecule has 9 heteroatoms. The van der Waals surface area contributed by atoms with Crippen molar-refractivity contribution in [2.75, 3.05) is 42.6 Å². The Kier molecular flexibility index (Phi) is 12.6. The van der Waals surface area contributed by atoms with Gasteiger partial charge in [-0.3, -0.25) is 0 Å². The largest absolute Gasteiger partial charge is 0.497 e. The van der Waals surface area contributed by atoms with Gasteiger partial charge < -0.3 is 35.5 Å². The molecule has 2 aliphatic heterocycles. The van der Waals surface area contributed by atoms with Gasteiger partial charge in [0.05, 0.1) is 32.4 Å². The topological polar surface area (TPSA) is 75.8 Å². The van der Waals surface area contributed by atoms with Crippen LogP contribution in [0.1, 0.15) is 63.8 Å². The van der Waals surface area contributed by atoms with Gasteiger partial charge in [0, 0.05) is 70.2 Å². The van der Waals surface area contributed by atoms with E-state index in [0.29, 0.717) is 24.6 Å². The molecule has 0 bridgehead atoms. The second-order valence-corrected chi connectivity index (χ2v) is 16.9. The van der Waals surface area contributed by atoms with Crippen LogP contribution in [-0.2, 0) is 13.1 Å². The van der Waals surface area contributed by atoms with E-state index in [2.05, 4.69) is 111 Å². The first-order valence-electron chi connectivity index (χ1n) is 20.8. The summed E-state index contributed by atoms with van der Waals surface area (Å²) in [4.78, 5) is 0. The fraction of sp³-hybridized carbons (Fsp3) is 0.245. The fourth-order valence-corrected chi connectivity index (χ4v) is 8.69. The van der Waals surface area contributed by atoms with Gasteiger partial charge in [-0.2, -0.15) is 0 Å². The maximum atomic E-state index is 13.9. The van der Waals surface area contributed by atoms with Crippen LogP contribution < -0.4 is 35.5 Å². The minimum absolute atomic E-state index is 0.115. The molecule has 8 rings (SSSR count). The maximum Gasteiger partial charge on any atom is 0.129 e. The Morgan fingerprint density at radius 2 is 0.919 bits per heavy atom. The monoisotopic (exact) mass is 834 g/mol. The highest BCUT2D eigenvalue weighted by molar-refractivity contribution is 5.90. The molecule has 0 saturated heterocycles. The molecule has 0 fully saturated rings. The molecule has 0 radical (unpaired) electrons. The lowest BCUT2D eigenvalue weighted by Crippen LogP contribution is -2.32. The quantitative estimate of drug-likeness (QED) is 0.104. The van der Waals surface area contributed by atoms with Crippen molar-refractivity contribution in [1.29, 1.82) is 0 Å². The van der Waals surface area contributed by atoms with E-state index in [9.17, 15) is 8.78 Å². The van der Waals surface area contributed by atoms with Crippen LogP contribution in [0.2, 0.25) is 0 Å². The Balaban J connectivity index is 0.000000187. The Morgan fingerprint density at radius 3 is 1.34 bits per heavy atom. The van der Waals surface area contributed by atoms with E-state index in [1.54, 1.807) is 33.5 Å². The molecule has 0 saturated carbocycles. The van der Waals surface area contributed by atoms with Gasteiger partial charge in [0.1, 0.15) is 28.9 Å². The Labute approximate surface area is 364 Å². The van der Waals surface area contributed by atoms with Crippen molar-refractivity contribution in [2.45, 2.75) is 65.7 Å². The number of rotatable bonds is 11. The van der Waals surface area contributed by atoms with Crippen molar-refractivity contribution in [3.05, 3.63) is 161 Å². The van der Waals surface area contributed by atoms with Crippen molar-refractivity contribution in [1.82, 2.24) is 0 Å². The molecule has 2 aliphatic rings. The lowest BCUT2D eigenvalue weighted by atomic mass is 9.85. The summed E-state index contributed by atoms with van der Waals surface area (Å²) in [5.74, 6) is 1.23. The first-order valence-corrected chi connectivity index (χ1v) is 20.8. The summed E-state index contributed by atoms with van der Waals surface area (Å²) >= 11 is 0. The van der Waals surface area contributed by atoms with Crippen molar-refractivity contribution in [3.63, 3.8) is 0 Å². The van der Waals surface area contributed by atoms with Crippen LogP contribution in [0, 0.1) is 11.6 Å². The number of ether oxygens (including phenoxy) is 3. The predicted octanol–water partition coefficient (Wildman–Crippen LogP) is 13.5. The number of halogens is 2. The summed E-state index contributed by atoms with van der Waals surface area (Å²) in [7, 11) is 4.81. The summed E-state index contributed by atoms with van der Waals surface area (Å²) < 4.78 is 44.0. The molecule has 0 spiro atoms. The smallest absolute Gasteiger partial charge is 0.129 e. The first-order chi connectivity index (χ1) is 29.7. The van der Waals surface area contributed by atoms with Gasteiger partial charge in [0.15, 0.2) is 0 Å². The van der Waals surface area contributed by atoms with E-state index < -0.39 is 0 Å². The second kappa shape index (κ2) is 18.1. The Morgan fingerprint density at radius 1 is 0.500 bits per heavy atom. The molecule has 320 valence electrons. The highest BCUT2D eigenvalue weighted by atomic mass is 19.1. The van der Waals surface area contributed by atoms with Gasteiger partial charge in [-0.1, -0.05) is 42.5 Å². The number of anilines is 4. The van der Waals surface area contributed by atoms with Crippen LogP contribution in [0.3, 0.4) is 0 Å². The van der Waals surface area contributed by atoms with Gasteiger partial charge in [0.25, 0.3) is 0 Å². The van der Waals surface area contributed by atoms with E-state index in [-0.39, 0.29) is 22.7 Å². The van der Waals surface area contributed by atoms with E-state index in [0.717, 1.165) is 67.4 Å². The molecule has 6 aromatic carbocycles. The third-order valence-electron chi connectivity index (χ3n) is 11.2. The number of para-hydroxylation sites is 1. The second-order valence-electron chi connectivity index (χ2n) is 16.9. The summed E-state index contributed by atoms with van der Waals surface area (Å²) in [6.45, 7) is 14.2. The average molecular weight is 835 g/mol. The molecule has 0 unspecified atom stereocenters. The summed E-state index contributed by atoms with van der Waals surface area (Å²) in [5, 5.41) is 14.3.